The zero-order valence-corrected chi connectivity index (χ0v) is 13.2. The average Bonchev–Trinajstić information content (AvgIpc) is 2.95. The number of hydrogen-bond acceptors (Lipinski definition) is 2. The van der Waals surface area contributed by atoms with E-state index in [1.165, 1.54) is 22.2 Å². The van der Waals surface area contributed by atoms with Crippen LogP contribution in [0.4, 0.5) is 0 Å². The fourth-order valence-corrected chi connectivity index (χ4v) is 3.55. The summed E-state index contributed by atoms with van der Waals surface area (Å²) in [4.78, 5) is 15.2. The van der Waals surface area contributed by atoms with E-state index in [9.17, 15) is 4.79 Å². The molecule has 1 aromatic heterocycles. The molecule has 2 N–H and O–H groups in total. The Labute approximate surface area is 135 Å². The van der Waals surface area contributed by atoms with E-state index in [0.717, 1.165) is 30.5 Å². The van der Waals surface area contributed by atoms with Crippen LogP contribution in [0.1, 0.15) is 40.1 Å². The van der Waals surface area contributed by atoms with Gasteiger partial charge in [0.25, 0.3) is 0 Å². The largest absolute Gasteiger partial charge is 0.357 e. The summed E-state index contributed by atoms with van der Waals surface area (Å²) in [6.45, 7) is 2.60. The monoisotopic (exact) mass is 304 g/mol. The molecular weight excluding hydrogens is 284 g/mol. The Kier molecular flexibility index (Phi) is 3.50. The molecule has 3 aromatic rings. The zero-order chi connectivity index (χ0) is 15.8. The van der Waals surface area contributed by atoms with Crippen LogP contribution in [0.25, 0.3) is 10.9 Å². The Bertz CT molecular complexity index is 864. The van der Waals surface area contributed by atoms with Crippen molar-refractivity contribution in [3.63, 3.8) is 0 Å². The Morgan fingerprint density at radius 1 is 1.17 bits per heavy atom. The van der Waals surface area contributed by atoms with Crippen LogP contribution < -0.4 is 5.32 Å². The summed E-state index contributed by atoms with van der Waals surface area (Å²) in [5.74, 6) is 0.122. The summed E-state index contributed by atoms with van der Waals surface area (Å²) in [5.41, 5.74) is 5.89. The number of nitrogens with one attached hydrogen (secondary N) is 2. The lowest BCUT2D eigenvalue weighted by Crippen LogP contribution is -2.31. The molecule has 0 fully saturated rings. The number of fused-ring (bicyclic) bond motifs is 3. The van der Waals surface area contributed by atoms with Crippen LogP contribution in [-0.2, 0) is 12.8 Å². The number of aromatic nitrogens is 1. The predicted molar refractivity (Wildman–Crippen MR) is 92.9 cm³/mol. The summed E-state index contributed by atoms with van der Waals surface area (Å²) in [7, 11) is 0. The second-order valence-corrected chi connectivity index (χ2v) is 6.28. The molecule has 0 bridgehead atoms. The molecule has 1 atom stereocenters. The minimum Gasteiger partial charge on any atom is -0.357 e. The predicted octanol–water partition coefficient (Wildman–Crippen LogP) is 3.80. The SMILES string of the molecule is CC(=O)c1ccc2[nH]c3c(c2c1)CCNC3Cc1ccccc1. The van der Waals surface area contributed by atoms with Gasteiger partial charge in [-0.2, -0.15) is 0 Å². The van der Waals surface area contributed by atoms with E-state index in [0.29, 0.717) is 6.04 Å². The highest BCUT2D eigenvalue weighted by Gasteiger charge is 2.24. The van der Waals surface area contributed by atoms with Crippen molar-refractivity contribution in [2.75, 3.05) is 6.54 Å². The third-order valence-corrected chi connectivity index (χ3v) is 4.74. The van der Waals surface area contributed by atoms with Crippen LogP contribution in [0, 0.1) is 0 Å². The number of rotatable bonds is 3. The van der Waals surface area contributed by atoms with Gasteiger partial charge < -0.3 is 10.3 Å². The summed E-state index contributed by atoms with van der Waals surface area (Å²) >= 11 is 0. The first-order chi connectivity index (χ1) is 11.2. The summed E-state index contributed by atoms with van der Waals surface area (Å²) in [5, 5.41) is 4.83. The van der Waals surface area contributed by atoms with Crippen molar-refractivity contribution in [1.82, 2.24) is 10.3 Å². The highest BCUT2D eigenvalue weighted by molar-refractivity contribution is 5.99. The molecule has 0 radical (unpaired) electrons. The molecule has 1 aliphatic heterocycles. The van der Waals surface area contributed by atoms with Gasteiger partial charge in [0.15, 0.2) is 5.78 Å². The standard InChI is InChI=1S/C20H20N2O/c1-13(23)15-7-8-18-17(12-15)16-9-10-21-19(20(16)22-18)11-14-5-3-2-4-6-14/h2-8,12,19,21-22H,9-11H2,1H3. The normalized spacial score (nSPS) is 17.2. The lowest BCUT2D eigenvalue weighted by atomic mass is 9.94. The molecule has 0 spiro atoms. The van der Waals surface area contributed by atoms with Crippen LogP contribution in [0.3, 0.4) is 0 Å². The maximum absolute atomic E-state index is 11.7. The molecule has 0 saturated carbocycles. The van der Waals surface area contributed by atoms with Crippen molar-refractivity contribution in [1.29, 1.82) is 0 Å². The summed E-state index contributed by atoms with van der Waals surface area (Å²) in [6.07, 6.45) is 1.97. The van der Waals surface area contributed by atoms with Crippen LogP contribution in [0.5, 0.6) is 0 Å². The lowest BCUT2D eigenvalue weighted by molar-refractivity contribution is 0.101. The number of carbonyl (C=O) groups is 1. The first-order valence-electron chi connectivity index (χ1n) is 8.15. The third kappa shape index (κ3) is 2.57. The average molecular weight is 304 g/mol. The lowest BCUT2D eigenvalue weighted by Gasteiger charge is -2.24. The van der Waals surface area contributed by atoms with Crippen LogP contribution in [-0.4, -0.2) is 17.3 Å². The van der Waals surface area contributed by atoms with Gasteiger partial charge in [0.1, 0.15) is 0 Å². The number of H-pyrrole nitrogens is 1. The van der Waals surface area contributed by atoms with Gasteiger partial charge in [-0.1, -0.05) is 30.3 Å². The Morgan fingerprint density at radius 2 is 2.00 bits per heavy atom. The van der Waals surface area contributed by atoms with E-state index < -0.39 is 0 Å². The molecule has 2 heterocycles. The van der Waals surface area contributed by atoms with E-state index in [1.54, 1.807) is 6.92 Å². The summed E-state index contributed by atoms with van der Waals surface area (Å²) in [6, 6.07) is 16.9. The molecule has 4 rings (SSSR count). The van der Waals surface area contributed by atoms with Gasteiger partial charge in [0.2, 0.25) is 0 Å². The second-order valence-electron chi connectivity index (χ2n) is 6.28. The van der Waals surface area contributed by atoms with Gasteiger partial charge in [0.05, 0.1) is 6.04 Å². The topological polar surface area (TPSA) is 44.9 Å². The third-order valence-electron chi connectivity index (χ3n) is 4.74. The fourth-order valence-electron chi connectivity index (χ4n) is 3.55. The number of benzene rings is 2. The van der Waals surface area contributed by atoms with Crippen molar-refractivity contribution in [3.05, 3.63) is 70.9 Å². The first kappa shape index (κ1) is 14.2. The smallest absolute Gasteiger partial charge is 0.159 e. The number of aromatic amines is 1. The summed E-state index contributed by atoms with van der Waals surface area (Å²) < 4.78 is 0. The van der Waals surface area contributed by atoms with E-state index in [1.807, 2.05) is 18.2 Å². The van der Waals surface area contributed by atoms with Gasteiger partial charge >= 0.3 is 0 Å². The Hall–Kier alpha value is -2.39. The Morgan fingerprint density at radius 3 is 2.78 bits per heavy atom. The fraction of sp³-hybridized carbons (Fsp3) is 0.250. The highest BCUT2D eigenvalue weighted by Crippen LogP contribution is 2.32. The van der Waals surface area contributed by atoms with Crippen molar-refractivity contribution < 1.29 is 4.79 Å². The van der Waals surface area contributed by atoms with Gasteiger partial charge in [-0.25, -0.2) is 0 Å². The van der Waals surface area contributed by atoms with Crippen LogP contribution >= 0.6 is 0 Å². The molecule has 0 aliphatic carbocycles. The molecule has 0 amide bonds. The molecule has 23 heavy (non-hydrogen) atoms. The van der Waals surface area contributed by atoms with Crippen molar-refractivity contribution in [2.45, 2.75) is 25.8 Å². The molecule has 3 heteroatoms. The van der Waals surface area contributed by atoms with Gasteiger partial charge in [-0.05, 0) is 55.6 Å². The van der Waals surface area contributed by atoms with Gasteiger partial charge in [-0.15, -0.1) is 0 Å². The zero-order valence-electron chi connectivity index (χ0n) is 13.2. The molecular formula is C20H20N2O. The van der Waals surface area contributed by atoms with Crippen LogP contribution in [0.15, 0.2) is 48.5 Å². The van der Waals surface area contributed by atoms with Crippen molar-refractivity contribution in [2.24, 2.45) is 0 Å². The van der Waals surface area contributed by atoms with E-state index in [4.69, 9.17) is 0 Å². The first-order valence-corrected chi connectivity index (χ1v) is 8.15. The maximum atomic E-state index is 11.7. The molecule has 116 valence electrons. The van der Waals surface area contributed by atoms with Crippen LogP contribution in [0.2, 0.25) is 0 Å². The van der Waals surface area contributed by atoms with Gasteiger partial charge in [-0.3, -0.25) is 4.79 Å². The molecule has 2 aromatic carbocycles. The number of carbonyl (C=O) groups excluding carboxylic acids is 1. The minimum atomic E-state index is 0.122. The highest BCUT2D eigenvalue weighted by atomic mass is 16.1. The molecule has 1 unspecified atom stereocenters. The number of ketones is 1. The molecule has 1 aliphatic rings. The molecule has 0 saturated heterocycles. The second kappa shape index (κ2) is 5.67. The number of Topliss-reactive ketones (excluding diaryl/α,β-unsaturated/α-hetero) is 1. The maximum Gasteiger partial charge on any atom is 0.159 e. The minimum absolute atomic E-state index is 0.122. The van der Waals surface area contributed by atoms with E-state index in [-0.39, 0.29) is 5.78 Å². The van der Waals surface area contributed by atoms with Gasteiger partial charge in [0, 0.05) is 22.2 Å². The Balaban J connectivity index is 1.76. The number of hydrogen-bond donors (Lipinski definition) is 2. The van der Waals surface area contributed by atoms with Crippen molar-refractivity contribution >= 4 is 16.7 Å². The quantitative estimate of drug-likeness (QED) is 0.723. The van der Waals surface area contributed by atoms with Crippen molar-refractivity contribution in [3.8, 4) is 0 Å². The van der Waals surface area contributed by atoms with E-state index in [2.05, 4.69) is 40.6 Å². The molecule has 3 nitrogen and oxygen atoms in total. The van der Waals surface area contributed by atoms with E-state index >= 15 is 0 Å².